The summed E-state index contributed by atoms with van der Waals surface area (Å²) in [5, 5.41) is 2.89. The minimum absolute atomic E-state index is 0.270. The van der Waals surface area contributed by atoms with Gasteiger partial charge in [0.1, 0.15) is 0 Å². The molecule has 13 heavy (non-hydrogen) atoms. The van der Waals surface area contributed by atoms with Gasteiger partial charge in [0.25, 0.3) is 5.56 Å². The molecular formula is C8H13N3O2. The van der Waals surface area contributed by atoms with Crippen LogP contribution in [0.3, 0.4) is 0 Å². The van der Waals surface area contributed by atoms with Crippen molar-refractivity contribution in [2.45, 2.75) is 6.54 Å². The monoisotopic (exact) mass is 183 g/mol. The normalized spacial score (nSPS) is 10.4. The molecular weight excluding hydrogens is 170 g/mol. The van der Waals surface area contributed by atoms with Crippen LogP contribution in [0.5, 0.6) is 0 Å². The van der Waals surface area contributed by atoms with Crippen molar-refractivity contribution in [2.24, 2.45) is 14.1 Å². The van der Waals surface area contributed by atoms with E-state index in [9.17, 15) is 9.59 Å². The van der Waals surface area contributed by atoms with Crippen molar-refractivity contribution in [1.29, 1.82) is 0 Å². The summed E-state index contributed by atoms with van der Waals surface area (Å²) in [6.07, 6.45) is 0. The van der Waals surface area contributed by atoms with Crippen molar-refractivity contribution in [3.8, 4) is 0 Å². The van der Waals surface area contributed by atoms with E-state index in [1.807, 2.05) is 0 Å². The van der Waals surface area contributed by atoms with Crippen LogP contribution >= 0.6 is 0 Å². The molecule has 0 saturated carbocycles. The zero-order chi connectivity index (χ0) is 10.0. The van der Waals surface area contributed by atoms with E-state index in [1.165, 1.54) is 17.7 Å². The summed E-state index contributed by atoms with van der Waals surface area (Å²) in [5.74, 6) is 0. The minimum atomic E-state index is -0.294. The molecule has 1 aromatic rings. The maximum atomic E-state index is 11.4. The maximum absolute atomic E-state index is 11.4. The van der Waals surface area contributed by atoms with Gasteiger partial charge in [-0.1, -0.05) is 0 Å². The van der Waals surface area contributed by atoms with E-state index in [4.69, 9.17) is 0 Å². The Bertz CT molecular complexity index is 416. The second-order valence-corrected chi connectivity index (χ2v) is 2.90. The molecule has 0 fully saturated rings. The van der Waals surface area contributed by atoms with Crippen molar-refractivity contribution >= 4 is 0 Å². The molecule has 1 N–H and O–H groups in total. The van der Waals surface area contributed by atoms with E-state index < -0.39 is 0 Å². The van der Waals surface area contributed by atoms with Crippen LogP contribution in [0.1, 0.15) is 5.69 Å². The fourth-order valence-corrected chi connectivity index (χ4v) is 1.13. The predicted octanol–water partition coefficient (Wildman–Crippen LogP) is -1.20. The lowest BCUT2D eigenvalue weighted by Crippen LogP contribution is -2.38. The molecule has 1 rings (SSSR count). The highest BCUT2D eigenvalue weighted by atomic mass is 16.2. The SMILES string of the molecule is CNCc1cc(=O)n(C)c(=O)n1C. The largest absolute Gasteiger partial charge is 0.330 e. The van der Waals surface area contributed by atoms with Crippen LogP contribution in [-0.2, 0) is 20.6 Å². The lowest BCUT2D eigenvalue weighted by atomic mass is 10.4. The van der Waals surface area contributed by atoms with Crippen LogP contribution in [0.2, 0.25) is 0 Å². The van der Waals surface area contributed by atoms with Gasteiger partial charge in [-0.25, -0.2) is 4.79 Å². The summed E-state index contributed by atoms with van der Waals surface area (Å²) >= 11 is 0. The highest BCUT2D eigenvalue weighted by Crippen LogP contribution is 1.87. The number of hydrogen-bond acceptors (Lipinski definition) is 3. The molecule has 0 radical (unpaired) electrons. The van der Waals surface area contributed by atoms with Gasteiger partial charge in [-0.15, -0.1) is 0 Å². The molecule has 72 valence electrons. The van der Waals surface area contributed by atoms with Crippen molar-refractivity contribution in [2.75, 3.05) is 7.05 Å². The molecule has 0 amide bonds. The molecule has 0 aromatic carbocycles. The van der Waals surface area contributed by atoms with Crippen LogP contribution in [0.25, 0.3) is 0 Å². The summed E-state index contributed by atoms with van der Waals surface area (Å²) in [7, 11) is 4.88. The Kier molecular flexibility index (Phi) is 2.67. The Morgan fingerprint density at radius 1 is 1.31 bits per heavy atom. The fraction of sp³-hybridized carbons (Fsp3) is 0.500. The Morgan fingerprint density at radius 3 is 2.46 bits per heavy atom. The van der Waals surface area contributed by atoms with Crippen molar-refractivity contribution in [1.82, 2.24) is 14.5 Å². The first-order valence-corrected chi connectivity index (χ1v) is 3.98. The van der Waals surface area contributed by atoms with Crippen molar-refractivity contribution in [3.05, 3.63) is 32.6 Å². The zero-order valence-electron chi connectivity index (χ0n) is 8.00. The van der Waals surface area contributed by atoms with E-state index in [2.05, 4.69) is 5.32 Å². The standard InChI is InChI=1S/C8H13N3O2/c1-9-5-6-4-7(12)11(3)8(13)10(6)2/h4,9H,5H2,1-3H3. The molecule has 0 aliphatic heterocycles. The van der Waals surface area contributed by atoms with E-state index in [0.717, 1.165) is 4.57 Å². The van der Waals surface area contributed by atoms with Gasteiger partial charge >= 0.3 is 5.69 Å². The first-order chi connectivity index (χ1) is 6.07. The Balaban J connectivity index is 3.41. The van der Waals surface area contributed by atoms with Crippen LogP contribution in [-0.4, -0.2) is 16.2 Å². The molecule has 0 atom stereocenters. The van der Waals surface area contributed by atoms with E-state index in [-0.39, 0.29) is 11.2 Å². The van der Waals surface area contributed by atoms with Crippen LogP contribution in [0, 0.1) is 0 Å². The summed E-state index contributed by atoms with van der Waals surface area (Å²) in [4.78, 5) is 22.6. The molecule has 0 spiro atoms. The average Bonchev–Trinajstić information content (AvgIpc) is 2.11. The van der Waals surface area contributed by atoms with Gasteiger partial charge in [-0.2, -0.15) is 0 Å². The van der Waals surface area contributed by atoms with Crippen LogP contribution in [0.15, 0.2) is 15.7 Å². The summed E-state index contributed by atoms with van der Waals surface area (Å²) < 4.78 is 2.54. The third-order valence-electron chi connectivity index (χ3n) is 1.98. The Morgan fingerprint density at radius 2 is 1.92 bits per heavy atom. The molecule has 5 nitrogen and oxygen atoms in total. The van der Waals surface area contributed by atoms with Crippen LogP contribution < -0.4 is 16.6 Å². The van der Waals surface area contributed by atoms with E-state index in [0.29, 0.717) is 12.2 Å². The summed E-state index contributed by atoms with van der Waals surface area (Å²) in [6, 6.07) is 1.46. The number of rotatable bonds is 2. The zero-order valence-corrected chi connectivity index (χ0v) is 8.00. The van der Waals surface area contributed by atoms with Gasteiger partial charge in [0, 0.05) is 32.4 Å². The second-order valence-electron chi connectivity index (χ2n) is 2.90. The first-order valence-electron chi connectivity index (χ1n) is 3.98. The molecule has 0 bridgehead atoms. The molecule has 0 aliphatic rings. The molecule has 0 unspecified atom stereocenters. The average molecular weight is 183 g/mol. The topological polar surface area (TPSA) is 56.0 Å². The number of nitrogens with one attached hydrogen (secondary N) is 1. The van der Waals surface area contributed by atoms with E-state index >= 15 is 0 Å². The van der Waals surface area contributed by atoms with Gasteiger partial charge in [-0.05, 0) is 7.05 Å². The van der Waals surface area contributed by atoms with Gasteiger partial charge in [0.2, 0.25) is 0 Å². The third-order valence-corrected chi connectivity index (χ3v) is 1.98. The Labute approximate surface area is 75.6 Å². The molecule has 0 saturated heterocycles. The van der Waals surface area contributed by atoms with Crippen molar-refractivity contribution < 1.29 is 0 Å². The lowest BCUT2D eigenvalue weighted by Gasteiger charge is -2.07. The Hall–Kier alpha value is -1.36. The van der Waals surface area contributed by atoms with Crippen LogP contribution in [0.4, 0.5) is 0 Å². The summed E-state index contributed by atoms with van der Waals surface area (Å²) in [5.41, 5.74) is 0.127. The third kappa shape index (κ3) is 1.70. The smallest absolute Gasteiger partial charge is 0.314 e. The van der Waals surface area contributed by atoms with Gasteiger partial charge < -0.3 is 5.32 Å². The number of aromatic nitrogens is 2. The van der Waals surface area contributed by atoms with Gasteiger partial charge in [0.05, 0.1) is 0 Å². The minimum Gasteiger partial charge on any atom is -0.314 e. The number of nitrogens with zero attached hydrogens (tertiary/aromatic N) is 2. The highest BCUT2D eigenvalue weighted by Gasteiger charge is 2.03. The number of hydrogen-bond donors (Lipinski definition) is 1. The van der Waals surface area contributed by atoms with E-state index in [1.54, 1.807) is 14.1 Å². The predicted molar refractivity (Wildman–Crippen MR) is 49.7 cm³/mol. The highest BCUT2D eigenvalue weighted by molar-refractivity contribution is 5.01. The second kappa shape index (κ2) is 3.57. The van der Waals surface area contributed by atoms with Gasteiger partial charge in [0.15, 0.2) is 0 Å². The summed E-state index contributed by atoms with van der Waals surface area (Å²) in [6.45, 7) is 0.516. The first kappa shape index (κ1) is 9.73. The molecule has 5 heteroatoms. The quantitative estimate of drug-likeness (QED) is 0.627. The maximum Gasteiger partial charge on any atom is 0.330 e. The molecule has 1 heterocycles. The molecule has 0 aliphatic carbocycles. The lowest BCUT2D eigenvalue weighted by molar-refractivity contribution is 0.628. The van der Waals surface area contributed by atoms with Gasteiger partial charge in [-0.3, -0.25) is 13.9 Å². The van der Waals surface area contributed by atoms with Crippen molar-refractivity contribution in [3.63, 3.8) is 0 Å². The molecule has 1 aromatic heterocycles. The fourth-order valence-electron chi connectivity index (χ4n) is 1.13.